The largest absolute Gasteiger partial charge is 0.393 e. The third kappa shape index (κ3) is 2.28. The lowest BCUT2D eigenvalue weighted by atomic mass is 9.47. The highest BCUT2D eigenvalue weighted by Gasteiger charge is 2.64. The first kappa shape index (κ1) is 16.8. The lowest BCUT2D eigenvalue weighted by molar-refractivity contribution is -0.128. The molecule has 0 aromatic carbocycles. The summed E-state index contributed by atoms with van der Waals surface area (Å²) in [6.45, 7) is 8.17. The average molecular weight is 346 g/mol. The van der Waals surface area contributed by atoms with Gasteiger partial charge in [0.2, 0.25) is 0 Å². The summed E-state index contributed by atoms with van der Waals surface area (Å²) in [5, 5.41) is 21.7. The van der Waals surface area contributed by atoms with Gasteiger partial charge in [-0.15, -0.1) is 0 Å². The van der Waals surface area contributed by atoms with E-state index in [4.69, 9.17) is 0 Å². The molecule has 1 saturated heterocycles. The first-order chi connectivity index (χ1) is 11.9. The van der Waals surface area contributed by atoms with E-state index in [9.17, 15) is 10.2 Å². The summed E-state index contributed by atoms with van der Waals surface area (Å²) in [7, 11) is 0. The van der Waals surface area contributed by atoms with Crippen molar-refractivity contribution in [1.29, 1.82) is 0 Å². The monoisotopic (exact) mass is 345 g/mol. The van der Waals surface area contributed by atoms with E-state index in [0.717, 1.165) is 44.1 Å². The van der Waals surface area contributed by atoms with E-state index in [1.54, 1.807) is 5.57 Å². The third-order valence-corrected chi connectivity index (χ3v) is 9.42. The van der Waals surface area contributed by atoms with Crippen LogP contribution >= 0.6 is 0 Å². The van der Waals surface area contributed by atoms with Crippen molar-refractivity contribution in [3.63, 3.8) is 0 Å². The number of β-amino-alcohol motifs (C(OH)–C–C–N with tert-alkyl or cyclic N) is 1. The zero-order valence-corrected chi connectivity index (χ0v) is 16.0. The first-order valence-electron chi connectivity index (χ1n) is 10.7. The fourth-order valence-electron chi connectivity index (χ4n) is 7.61. The third-order valence-electron chi connectivity index (χ3n) is 9.42. The number of allylic oxidation sites excluding steroid dienone is 1. The van der Waals surface area contributed by atoms with Crippen molar-refractivity contribution in [1.82, 2.24) is 4.90 Å². The van der Waals surface area contributed by atoms with Crippen molar-refractivity contribution in [2.45, 2.75) is 76.9 Å². The van der Waals surface area contributed by atoms with Crippen LogP contribution in [0.4, 0.5) is 0 Å². The maximum Gasteiger partial charge on any atom is 0.0830 e. The molecule has 25 heavy (non-hydrogen) atoms. The quantitative estimate of drug-likeness (QED) is 0.596. The van der Waals surface area contributed by atoms with Crippen LogP contribution in [0.1, 0.15) is 65.2 Å². The molecule has 0 unspecified atom stereocenters. The molecule has 5 aliphatic rings. The van der Waals surface area contributed by atoms with Gasteiger partial charge in [0.1, 0.15) is 0 Å². The molecule has 3 nitrogen and oxygen atoms in total. The van der Waals surface area contributed by atoms with Crippen LogP contribution in [-0.2, 0) is 0 Å². The van der Waals surface area contributed by atoms with E-state index in [1.165, 1.54) is 38.8 Å². The topological polar surface area (TPSA) is 43.5 Å². The van der Waals surface area contributed by atoms with Crippen molar-refractivity contribution in [3.05, 3.63) is 11.6 Å². The number of rotatable bonds is 2. The van der Waals surface area contributed by atoms with Crippen LogP contribution in [0, 0.1) is 28.6 Å². The summed E-state index contributed by atoms with van der Waals surface area (Å²) in [6.07, 6.45) is 11.3. The van der Waals surface area contributed by atoms with E-state index in [2.05, 4.69) is 24.8 Å². The van der Waals surface area contributed by atoms with Gasteiger partial charge >= 0.3 is 0 Å². The minimum Gasteiger partial charge on any atom is -0.393 e. The molecular formula is C22H35NO2. The highest BCUT2D eigenvalue weighted by molar-refractivity contribution is 5.26. The van der Waals surface area contributed by atoms with Crippen molar-refractivity contribution >= 4 is 0 Å². The average Bonchev–Trinajstić information content (AvgIpc) is 3.33. The number of aliphatic hydroxyl groups excluding tert-OH is 1. The lowest BCUT2D eigenvalue weighted by Gasteiger charge is -2.59. The molecule has 4 aliphatic carbocycles. The smallest absolute Gasteiger partial charge is 0.0830 e. The van der Waals surface area contributed by atoms with E-state index >= 15 is 0 Å². The number of nitrogens with zero attached hydrogens (tertiary/aromatic N) is 1. The number of fused-ring (bicyclic) bond motifs is 5. The standard InChI is InChI=1S/C22H35NO2/c1-20-8-5-16(24)13-15(20)3-4-17-18(20)6-9-21(2)19(17)7-10-22(21,25)14-23-11-12-23/h3,16-19,24-25H,4-14H2,1-2H3/t16-,17-,18+,19-,20-,21-,22+/m0/s1. The molecule has 0 aromatic rings. The molecule has 7 atom stereocenters. The van der Waals surface area contributed by atoms with Gasteiger partial charge in [-0.25, -0.2) is 0 Å². The minimum atomic E-state index is -0.465. The molecule has 2 N–H and O–H groups in total. The van der Waals surface area contributed by atoms with Crippen LogP contribution in [0.3, 0.4) is 0 Å². The van der Waals surface area contributed by atoms with Gasteiger partial charge in [-0.2, -0.15) is 0 Å². The molecule has 1 aliphatic heterocycles. The van der Waals surface area contributed by atoms with Gasteiger partial charge in [-0.1, -0.05) is 25.5 Å². The predicted molar refractivity (Wildman–Crippen MR) is 99.1 cm³/mol. The van der Waals surface area contributed by atoms with Crippen LogP contribution < -0.4 is 0 Å². The Morgan fingerprint density at radius 1 is 1.08 bits per heavy atom. The maximum atomic E-state index is 11.6. The second kappa shape index (κ2) is 5.33. The van der Waals surface area contributed by atoms with Crippen LogP contribution in [-0.4, -0.2) is 46.5 Å². The molecule has 0 radical (unpaired) electrons. The van der Waals surface area contributed by atoms with Crippen molar-refractivity contribution in [3.8, 4) is 0 Å². The van der Waals surface area contributed by atoms with Gasteiger partial charge in [-0.05, 0) is 74.5 Å². The van der Waals surface area contributed by atoms with Gasteiger partial charge in [0.05, 0.1) is 11.7 Å². The lowest BCUT2D eigenvalue weighted by Crippen LogP contribution is -2.56. The van der Waals surface area contributed by atoms with Crippen molar-refractivity contribution < 1.29 is 10.2 Å². The summed E-state index contributed by atoms with van der Waals surface area (Å²) in [5.41, 5.74) is 1.50. The summed E-state index contributed by atoms with van der Waals surface area (Å²) < 4.78 is 0. The Hall–Kier alpha value is -0.380. The Morgan fingerprint density at radius 2 is 1.84 bits per heavy atom. The SMILES string of the molecule is C[C@]12CC[C@H](O)CC1=CC[C@H]1[C@H]2CC[C@@]2(C)[C@H]1CC[C@@]2(O)CN1CC1. The molecule has 0 bridgehead atoms. The highest BCUT2D eigenvalue weighted by atomic mass is 16.3. The molecule has 140 valence electrons. The second-order valence-electron chi connectivity index (χ2n) is 10.5. The fraction of sp³-hybridized carbons (Fsp3) is 0.909. The summed E-state index contributed by atoms with van der Waals surface area (Å²) >= 11 is 0. The maximum absolute atomic E-state index is 11.6. The molecule has 4 fully saturated rings. The molecule has 0 amide bonds. The number of aliphatic hydroxyl groups is 2. The summed E-state index contributed by atoms with van der Waals surface area (Å²) in [6, 6.07) is 0. The van der Waals surface area contributed by atoms with Gasteiger partial charge in [0.15, 0.2) is 0 Å². The van der Waals surface area contributed by atoms with E-state index < -0.39 is 5.60 Å². The van der Waals surface area contributed by atoms with Crippen LogP contribution in [0.5, 0.6) is 0 Å². The molecule has 1 heterocycles. The normalized spacial score (nSPS) is 55.1. The molecular weight excluding hydrogens is 310 g/mol. The van der Waals surface area contributed by atoms with E-state index in [0.29, 0.717) is 11.3 Å². The molecule has 3 heteroatoms. The minimum absolute atomic E-state index is 0.104. The van der Waals surface area contributed by atoms with E-state index in [-0.39, 0.29) is 11.5 Å². The molecule has 0 spiro atoms. The van der Waals surface area contributed by atoms with Crippen LogP contribution in [0.2, 0.25) is 0 Å². The Morgan fingerprint density at radius 3 is 2.60 bits per heavy atom. The molecule has 3 saturated carbocycles. The van der Waals surface area contributed by atoms with E-state index in [1.807, 2.05) is 0 Å². The summed E-state index contributed by atoms with van der Waals surface area (Å²) in [4.78, 5) is 2.42. The number of hydrogen-bond donors (Lipinski definition) is 2. The zero-order chi connectivity index (χ0) is 17.4. The highest BCUT2D eigenvalue weighted by Crippen LogP contribution is 2.67. The summed E-state index contributed by atoms with van der Waals surface area (Å²) in [5.74, 6) is 2.19. The van der Waals surface area contributed by atoms with Crippen molar-refractivity contribution in [2.24, 2.45) is 28.6 Å². The van der Waals surface area contributed by atoms with Crippen molar-refractivity contribution in [2.75, 3.05) is 19.6 Å². The zero-order valence-electron chi connectivity index (χ0n) is 16.0. The Balaban J connectivity index is 1.45. The predicted octanol–water partition coefficient (Wildman–Crippen LogP) is 3.36. The van der Waals surface area contributed by atoms with Gasteiger partial charge in [0.25, 0.3) is 0 Å². The fourth-order valence-corrected chi connectivity index (χ4v) is 7.61. The first-order valence-corrected chi connectivity index (χ1v) is 10.7. The molecule has 5 rings (SSSR count). The van der Waals surface area contributed by atoms with Gasteiger partial charge in [0, 0.05) is 25.0 Å². The Kier molecular flexibility index (Phi) is 3.57. The second-order valence-corrected chi connectivity index (χ2v) is 10.5. The Bertz CT molecular complexity index is 599. The van der Waals surface area contributed by atoms with Crippen LogP contribution in [0.25, 0.3) is 0 Å². The van der Waals surface area contributed by atoms with Gasteiger partial charge in [-0.3, -0.25) is 4.90 Å². The number of hydrogen-bond acceptors (Lipinski definition) is 3. The molecule has 0 aromatic heterocycles. The van der Waals surface area contributed by atoms with Gasteiger partial charge < -0.3 is 10.2 Å². The Labute approximate surface area is 152 Å². The van der Waals surface area contributed by atoms with Crippen LogP contribution in [0.15, 0.2) is 11.6 Å².